The van der Waals surface area contributed by atoms with Gasteiger partial charge < -0.3 is 10.1 Å². The number of amides is 1. The SMILES string of the molecule is O=C(O)N1CCCC1c1ncc(-c2ccc(Br)cc2F)[nH]1. The van der Waals surface area contributed by atoms with Crippen molar-refractivity contribution in [3.05, 3.63) is 40.5 Å². The lowest BCUT2D eigenvalue weighted by Gasteiger charge is -2.19. The van der Waals surface area contributed by atoms with E-state index in [0.29, 0.717) is 28.1 Å². The molecule has 1 amide bonds. The summed E-state index contributed by atoms with van der Waals surface area (Å²) in [6.45, 7) is 0.503. The number of benzene rings is 1. The van der Waals surface area contributed by atoms with Gasteiger partial charge in [-0.1, -0.05) is 15.9 Å². The highest BCUT2D eigenvalue weighted by Gasteiger charge is 2.31. The summed E-state index contributed by atoms with van der Waals surface area (Å²) in [6.07, 6.45) is 2.12. The van der Waals surface area contributed by atoms with Gasteiger partial charge in [-0.15, -0.1) is 0 Å². The molecule has 1 unspecified atom stereocenters. The molecule has 3 rings (SSSR count). The van der Waals surface area contributed by atoms with E-state index in [4.69, 9.17) is 5.11 Å². The number of hydrogen-bond donors (Lipinski definition) is 2. The monoisotopic (exact) mass is 353 g/mol. The molecule has 0 bridgehead atoms. The maximum Gasteiger partial charge on any atom is 0.407 e. The van der Waals surface area contributed by atoms with Gasteiger partial charge in [0.25, 0.3) is 0 Å². The van der Waals surface area contributed by atoms with Crippen molar-refractivity contribution in [3.63, 3.8) is 0 Å². The van der Waals surface area contributed by atoms with Crippen LogP contribution in [0.15, 0.2) is 28.9 Å². The average Bonchev–Trinajstić information content (AvgIpc) is 3.06. The van der Waals surface area contributed by atoms with E-state index < -0.39 is 6.09 Å². The van der Waals surface area contributed by atoms with Crippen molar-refractivity contribution in [3.8, 4) is 11.3 Å². The number of halogens is 2. The molecule has 21 heavy (non-hydrogen) atoms. The largest absolute Gasteiger partial charge is 0.465 e. The van der Waals surface area contributed by atoms with E-state index in [-0.39, 0.29) is 11.9 Å². The fourth-order valence-corrected chi connectivity index (χ4v) is 2.96. The zero-order chi connectivity index (χ0) is 15.0. The Morgan fingerprint density at radius 2 is 2.33 bits per heavy atom. The number of nitrogens with zero attached hydrogens (tertiary/aromatic N) is 2. The third kappa shape index (κ3) is 2.65. The number of carboxylic acid groups (broad SMARTS) is 1. The zero-order valence-electron chi connectivity index (χ0n) is 11.0. The Kier molecular flexibility index (Phi) is 3.67. The Morgan fingerprint density at radius 3 is 3.05 bits per heavy atom. The third-order valence-electron chi connectivity index (χ3n) is 3.63. The van der Waals surface area contributed by atoms with Crippen LogP contribution in [0.2, 0.25) is 0 Å². The van der Waals surface area contributed by atoms with Gasteiger partial charge in [-0.05, 0) is 31.0 Å². The first-order valence-corrected chi connectivity index (χ1v) is 7.35. The first kappa shape index (κ1) is 14.1. The van der Waals surface area contributed by atoms with Gasteiger partial charge in [-0.2, -0.15) is 0 Å². The van der Waals surface area contributed by atoms with Crippen LogP contribution in [0.25, 0.3) is 11.3 Å². The van der Waals surface area contributed by atoms with Crippen molar-refractivity contribution in [2.75, 3.05) is 6.54 Å². The standard InChI is InChI=1S/C14H13BrFN3O2/c15-8-3-4-9(10(16)6-8)11-7-17-13(18-11)12-2-1-5-19(12)14(20)21/h3-4,6-7,12H,1-2,5H2,(H,17,18)(H,20,21). The summed E-state index contributed by atoms with van der Waals surface area (Å²) in [7, 11) is 0. The Bertz CT molecular complexity index is 689. The van der Waals surface area contributed by atoms with E-state index in [9.17, 15) is 9.18 Å². The van der Waals surface area contributed by atoms with E-state index >= 15 is 0 Å². The number of imidazole rings is 1. The molecule has 110 valence electrons. The van der Waals surface area contributed by atoms with Crippen molar-refractivity contribution in [2.24, 2.45) is 0 Å². The van der Waals surface area contributed by atoms with Crippen LogP contribution in [0.3, 0.4) is 0 Å². The summed E-state index contributed by atoms with van der Waals surface area (Å²) in [5.41, 5.74) is 0.962. The summed E-state index contributed by atoms with van der Waals surface area (Å²) in [5.74, 6) is 0.202. The molecule has 0 radical (unpaired) electrons. The summed E-state index contributed by atoms with van der Waals surface area (Å²) >= 11 is 3.21. The van der Waals surface area contributed by atoms with Crippen LogP contribution < -0.4 is 0 Å². The molecule has 1 aromatic carbocycles. The van der Waals surface area contributed by atoms with Crippen LogP contribution in [0.1, 0.15) is 24.7 Å². The molecule has 1 atom stereocenters. The van der Waals surface area contributed by atoms with E-state index in [1.807, 2.05) is 0 Å². The van der Waals surface area contributed by atoms with Gasteiger partial charge >= 0.3 is 6.09 Å². The first-order valence-electron chi connectivity index (χ1n) is 6.56. The smallest absolute Gasteiger partial charge is 0.407 e. The Balaban J connectivity index is 1.91. The number of nitrogens with one attached hydrogen (secondary N) is 1. The second-order valence-electron chi connectivity index (χ2n) is 4.94. The maximum absolute atomic E-state index is 13.9. The molecule has 2 aromatic rings. The molecule has 0 saturated carbocycles. The maximum atomic E-state index is 13.9. The molecule has 1 aliphatic heterocycles. The van der Waals surface area contributed by atoms with Crippen LogP contribution in [-0.2, 0) is 0 Å². The minimum Gasteiger partial charge on any atom is -0.465 e. The highest BCUT2D eigenvalue weighted by Crippen LogP contribution is 2.32. The molecule has 0 aliphatic carbocycles. The van der Waals surface area contributed by atoms with E-state index in [1.165, 1.54) is 11.0 Å². The molecule has 1 aromatic heterocycles. The second-order valence-corrected chi connectivity index (χ2v) is 5.86. The minimum absolute atomic E-state index is 0.283. The average molecular weight is 354 g/mol. The Hall–Kier alpha value is -1.89. The number of carbonyl (C=O) groups is 1. The van der Waals surface area contributed by atoms with Crippen molar-refractivity contribution < 1.29 is 14.3 Å². The van der Waals surface area contributed by atoms with Gasteiger partial charge in [-0.3, -0.25) is 4.90 Å². The molecular formula is C14H13BrFN3O2. The molecular weight excluding hydrogens is 341 g/mol. The highest BCUT2D eigenvalue weighted by atomic mass is 79.9. The molecule has 7 heteroatoms. The van der Waals surface area contributed by atoms with Gasteiger partial charge in [-0.25, -0.2) is 14.2 Å². The number of H-pyrrole nitrogens is 1. The van der Waals surface area contributed by atoms with Gasteiger partial charge in [0.1, 0.15) is 11.6 Å². The third-order valence-corrected chi connectivity index (χ3v) is 4.12. The Morgan fingerprint density at radius 1 is 1.52 bits per heavy atom. The first-order chi connectivity index (χ1) is 10.1. The number of likely N-dealkylation sites (tertiary alicyclic amines) is 1. The van der Waals surface area contributed by atoms with Crippen molar-refractivity contribution in [1.82, 2.24) is 14.9 Å². The van der Waals surface area contributed by atoms with E-state index in [0.717, 1.165) is 12.8 Å². The molecule has 2 N–H and O–H groups in total. The zero-order valence-corrected chi connectivity index (χ0v) is 12.6. The van der Waals surface area contributed by atoms with E-state index in [1.54, 1.807) is 18.3 Å². The fraction of sp³-hybridized carbons (Fsp3) is 0.286. The predicted molar refractivity (Wildman–Crippen MR) is 78.4 cm³/mol. The minimum atomic E-state index is -0.953. The number of rotatable bonds is 2. The summed E-state index contributed by atoms with van der Waals surface area (Å²) in [6, 6.07) is 4.50. The highest BCUT2D eigenvalue weighted by molar-refractivity contribution is 9.10. The van der Waals surface area contributed by atoms with Crippen molar-refractivity contribution >= 4 is 22.0 Å². The van der Waals surface area contributed by atoms with Gasteiger partial charge in [0, 0.05) is 16.6 Å². The summed E-state index contributed by atoms with van der Waals surface area (Å²) < 4.78 is 14.6. The summed E-state index contributed by atoms with van der Waals surface area (Å²) in [4.78, 5) is 19.8. The lowest BCUT2D eigenvalue weighted by atomic mass is 10.1. The van der Waals surface area contributed by atoms with Gasteiger partial charge in [0.05, 0.1) is 17.9 Å². The molecule has 1 saturated heterocycles. The van der Waals surface area contributed by atoms with E-state index in [2.05, 4.69) is 25.9 Å². The fourth-order valence-electron chi connectivity index (χ4n) is 2.63. The Labute approximate surface area is 128 Å². The van der Waals surface area contributed by atoms with Crippen LogP contribution in [0.4, 0.5) is 9.18 Å². The molecule has 1 aliphatic rings. The molecule has 1 fully saturated rings. The molecule has 2 heterocycles. The van der Waals surface area contributed by atoms with Crippen LogP contribution in [0.5, 0.6) is 0 Å². The van der Waals surface area contributed by atoms with Crippen LogP contribution >= 0.6 is 15.9 Å². The number of aromatic nitrogens is 2. The molecule has 5 nitrogen and oxygen atoms in total. The van der Waals surface area contributed by atoms with Crippen LogP contribution in [-0.4, -0.2) is 32.6 Å². The number of aromatic amines is 1. The topological polar surface area (TPSA) is 69.2 Å². The van der Waals surface area contributed by atoms with Crippen LogP contribution in [0, 0.1) is 5.82 Å². The lowest BCUT2D eigenvalue weighted by Crippen LogP contribution is -2.29. The van der Waals surface area contributed by atoms with Crippen molar-refractivity contribution in [2.45, 2.75) is 18.9 Å². The second kappa shape index (κ2) is 5.48. The van der Waals surface area contributed by atoms with Gasteiger partial charge in [0.15, 0.2) is 0 Å². The quantitative estimate of drug-likeness (QED) is 0.862. The molecule has 0 spiro atoms. The van der Waals surface area contributed by atoms with Gasteiger partial charge in [0.2, 0.25) is 0 Å². The number of hydrogen-bond acceptors (Lipinski definition) is 2. The lowest BCUT2D eigenvalue weighted by molar-refractivity contribution is 0.139. The predicted octanol–water partition coefficient (Wildman–Crippen LogP) is 3.79. The van der Waals surface area contributed by atoms with Crippen molar-refractivity contribution in [1.29, 1.82) is 0 Å². The summed E-state index contributed by atoms with van der Waals surface area (Å²) in [5, 5.41) is 9.16. The normalized spacial score (nSPS) is 18.2.